The number of ether oxygens (including phenoxy) is 3. The molecule has 2 saturated heterocycles. The van der Waals surface area contributed by atoms with E-state index in [-0.39, 0.29) is 40.3 Å². The third-order valence-electron chi connectivity index (χ3n) is 5.88. The fourth-order valence-electron chi connectivity index (χ4n) is 4.31. The van der Waals surface area contributed by atoms with Gasteiger partial charge in [-0.05, 0) is 36.6 Å². The Kier molecular flexibility index (Phi) is 6.49. The second kappa shape index (κ2) is 9.33. The summed E-state index contributed by atoms with van der Waals surface area (Å²) in [6, 6.07) is 8.23. The van der Waals surface area contributed by atoms with Gasteiger partial charge in [0.1, 0.15) is 23.0 Å². The van der Waals surface area contributed by atoms with Crippen LogP contribution in [-0.4, -0.2) is 60.3 Å². The van der Waals surface area contributed by atoms with Crippen LogP contribution in [0.5, 0.6) is 17.2 Å². The molecule has 33 heavy (non-hydrogen) atoms. The van der Waals surface area contributed by atoms with Gasteiger partial charge in [0.05, 0.1) is 42.5 Å². The number of benzene rings is 2. The van der Waals surface area contributed by atoms with Crippen molar-refractivity contribution in [2.75, 3.05) is 27.4 Å². The summed E-state index contributed by atoms with van der Waals surface area (Å²) in [7, 11) is 2.85. The molecule has 0 aromatic heterocycles. The lowest BCUT2D eigenvalue weighted by atomic mass is 9.94. The highest BCUT2D eigenvalue weighted by Gasteiger charge is 2.47. The fourth-order valence-corrected chi connectivity index (χ4v) is 4.55. The Morgan fingerprint density at radius 2 is 1.94 bits per heavy atom. The second-order valence-corrected chi connectivity index (χ2v) is 8.28. The molecule has 2 fully saturated rings. The molecule has 0 aliphatic carbocycles. The Labute approximate surface area is 195 Å². The van der Waals surface area contributed by atoms with E-state index < -0.39 is 23.5 Å². The molecule has 2 atom stereocenters. The number of carbonyl (C=O) groups excluding carboxylic acids is 2. The minimum absolute atomic E-state index is 0.0275. The molecule has 0 spiro atoms. The van der Waals surface area contributed by atoms with Gasteiger partial charge in [-0.2, -0.15) is 0 Å². The van der Waals surface area contributed by atoms with Crippen molar-refractivity contribution in [2.45, 2.75) is 25.0 Å². The van der Waals surface area contributed by atoms with E-state index >= 15 is 0 Å². The van der Waals surface area contributed by atoms with Crippen LogP contribution in [0.2, 0.25) is 5.02 Å². The van der Waals surface area contributed by atoms with Crippen LogP contribution < -0.4 is 9.47 Å². The van der Waals surface area contributed by atoms with E-state index in [0.29, 0.717) is 17.9 Å². The van der Waals surface area contributed by atoms with Gasteiger partial charge in [-0.25, -0.2) is 0 Å². The van der Waals surface area contributed by atoms with Crippen molar-refractivity contribution in [3.05, 3.63) is 58.1 Å². The Bertz CT molecular complexity index is 1120. The standard InChI is InChI=1S/C24H24ClNO7/c1-31-18-11-19(32-2)17(25)10-16(18)22(28)20-21(13-5-3-6-14(27)9-13)26(24(30)23(20)29)12-15-7-4-8-33-15/h3,5-6,9-11,15,21,27-28H,4,7-8,12H2,1-2H3/b22-20+. The number of phenols is 1. The van der Waals surface area contributed by atoms with Crippen LogP contribution in [0.3, 0.4) is 0 Å². The van der Waals surface area contributed by atoms with Crippen molar-refractivity contribution in [2.24, 2.45) is 0 Å². The van der Waals surface area contributed by atoms with E-state index in [4.69, 9.17) is 25.8 Å². The Hall–Kier alpha value is -3.23. The van der Waals surface area contributed by atoms with Crippen molar-refractivity contribution < 1.29 is 34.0 Å². The molecule has 2 aromatic rings. The molecule has 2 N–H and O–H groups in total. The van der Waals surface area contributed by atoms with Gasteiger partial charge in [-0.3, -0.25) is 9.59 Å². The number of rotatable bonds is 6. The lowest BCUT2D eigenvalue weighted by Crippen LogP contribution is -2.36. The van der Waals surface area contributed by atoms with Gasteiger partial charge < -0.3 is 29.3 Å². The van der Waals surface area contributed by atoms with Crippen LogP contribution in [0.1, 0.15) is 30.0 Å². The quantitative estimate of drug-likeness (QED) is 0.374. The number of Topliss-reactive ketones (excluding diaryl/α,β-unsaturated/α-hetero) is 1. The lowest BCUT2D eigenvalue weighted by Gasteiger charge is -2.27. The number of carbonyl (C=O) groups is 2. The lowest BCUT2D eigenvalue weighted by molar-refractivity contribution is -0.140. The smallest absolute Gasteiger partial charge is 0.295 e. The number of aliphatic hydroxyl groups excluding tert-OH is 1. The summed E-state index contributed by atoms with van der Waals surface area (Å²) < 4.78 is 16.3. The van der Waals surface area contributed by atoms with E-state index in [1.807, 2.05) is 0 Å². The van der Waals surface area contributed by atoms with Crippen LogP contribution in [0.4, 0.5) is 0 Å². The van der Waals surface area contributed by atoms with Crippen molar-refractivity contribution in [3.8, 4) is 17.2 Å². The van der Waals surface area contributed by atoms with Crippen LogP contribution >= 0.6 is 11.6 Å². The first-order valence-corrected chi connectivity index (χ1v) is 10.8. The highest BCUT2D eigenvalue weighted by atomic mass is 35.5. The molecule has 9 heteroatoms. The molecule has 2 aliphatic heterocycles. The summed E-state index contributed by atoms with van der Waals surface area (Å²) in [6.07, 6.45) is 1.41. The van der Waals surface area contributed by atoms with Gasteiger partial charge in [-0.1, -0.05) is 23.7 Å². The number of hydrogen-bond acceptors (Lipinski definition) is 7. The first-order chi connectivity index (χ1) is 15.8. The molecule has 8 nitrogen and oxygen atoms in total. The monoisotopic (exact) mass is 473 g/mol. The fraction of sp³-hybridized carbons (Fsp3) is 0.333. The summed E-state index contributed by atoms with van der Waals surface area (Å²) in [4.78, 5) is 27.6. The highest BCUT2D eigenvalue weighted by molar-refractivity contribution is 6.46. The summed E-state index contributed by atoms with van der Waals surface area (Å²) in [5, 5.41) is 21.5. The molecule has 2 aromatic carbocycles. The van der Waals surface area contributed by atoms with Gasteiger partial charge in [0.25, 0.3) is 11.7 Å². The minimum atomic E-state index is -0.924. The number of aliphatic hydroxyl groups is 1. The molecule has 2 heterocycles. The zero-order chi connectivity index (χ0) is 23.7. The second-order valence-electron chi connectivity index (χ2n) is 7.87. The van der Waals surface area contributed by atoms with Crippen molar-refractivity contribution >= 4 is 29.1 Å². The molecule has 1 amide bonds. The highest BCUT2D eigenvalue weighted by Crippen LogP contribution is 2.43. The first-order valence-electron chi connectivity index (χ1n) is 10.5. The third kappa shape index (κ3) is 4.24. The van der Waals surface area contributed by atoms with Gasteiger partial charge in [0, 0.05) is 19.2 Å². The number of phenolic OH excluding ortho intramolecular Hbond substituents is 1. The van der Waals surface area contributed by atoms with Crippen LogP contribution in [0.15, 0.2) is 42.0 Å². The molecule has 0 radical (unpaired) electrons. The van der Waals surface area contributed by atoms with E-state index in [2.05, 4.69) is 0 Å². The molecular formula is C24H24ClNO7. The van der Waals surface area contributed by atoms with E-state index in [0.717, 1.165) is 12.8 Å². The maximum absolute atomic E-state index is 13.2. The van der Waals surface area contributed by atoms with Crippen molar-refractivity contribution in [3.63, 3.8) is 0 Å². The summed E-state index contributed by atoms with van der Waals surface area (Å²) in [6.45, 7) is 0.773. The summed E-state index contributed by atoms with van der Waals surface area (Å²) >= 11 is 6.26. The molecule has 2 unspecified atom stereocenters. The zero-order valence-corrected chi connectivity index (χ0v) is 19.0. The number of ketones is 1. The van der Waals surface area contributed by atoms with Crippen molar-refractivity contribution in [1.82, 2.24) is 4.90 Å². The maximum atomic E-state index is 13.2. The molecular weight excluding hydrogens is 450 g/mol. The van der Waals surface area contributed by atoms with E-state index in [9.17, 15) is 19.8 Å². The van der Waals surface area contributed by atoms with Crippen LogP contribution in [-0.2, 0) is 14.3 Å². The number of methoxy groups -OCH3 is 2. The van der Waals surface area contributed by atoms with Crippen molar-refractivity contribution in [1.29, 1.82) is 0 Å². The largest absolute Gasteiger partial charge is 0.508 e. The molecule has 174 valence electrons. The topological polar surface area (TPSA) is 106 Å². The molecule has 2 aliphatic rings. The van der Waals surface area contributed by atoms with Crippen LogP contribution in [0, 0.1) is 0 Å². The normalized spacial score (nSPS) is 22.1. The Morgan fingerprint density at radius 3 is 2.58 bits per heavy atom. The Morgan fingerprint density at radius 1 is 1.18 bits per heavy atom. The average molecular weight is 474 g/mol. The van der Waals surface area contributed by atoms with Gasteiger partial charge >= 0.3 is 0 Å². The number of likely N-dealkylation sites (tertiary alicyclic amines) is 1. The van der Waals surface area contributed by atoms with E-state index in [1.165, 1.54) is 43.4 Å². The number of nitrogens with zero attached hydrogens (tertiary/aromatic N) is 1. The molecule has 0 bridgehead atoms. The van der Waals surface area contributed by atoms with Gasteiger partial charge in [0.15, 0.2) is 0 Å². The minimum Gasteiger partial charge on any atom is -0.508 e. The molecule has 0 saturated carbocycles. The summed E-state index contributed by atoms with van der Waals surface area (Å²) in [5.74, 6) is -1.51. The van der Waals surface area contributed by atoms with Gasteiger partial charge in [0.2, 0.25) is 0 Å². The number of aromatic hydroxyl groups is 1. The number of hydrogen-bond donors (Lipinski definition) is 2. The Balaban J connectivity index is 1.89. The van der Waals surface area contributed by atoms with Gasteiger partial charge in [-0.15, -0.1) is 0 Å². The predicted octanol–water partition coefficient (Wildman–Crippen LogP) is 3.66. The number of amides is 1. The average Bonchev–Trinajstić information content (AvgIpc) is 3.41. The SMILES string of the molecule is COc1cc(OC)c(/C(O)=C2\C(=O)C(=O)N(CC3CCCO3)C2c2cccc(O)c2)cc1Cl. The zero-order valence-electron chi connectivity index (χ0n) is 18.2. The van der Waals surface area contributed by atoms with E-state index in [1.54, 1.807) is 12.1 Å². The number of halogens is 1. The maximum Gasteiger partial charge on any atom is 0.295 e. The third-order valence-corrected chi connectivity index (χ3v) is 6.17. The molecule has 4 rings (SSSR count). The first kappa shape index (κ1) is 22.9. The predicted molar refractivity (Wildman–Crippen MR) is 121 cm³/mol. The van der Waals surface area contributed by atoms with Crippen LogP contribution in [0.25, 0.3) is 5.76 Å². The summed E-state index contributed by atoms with van der Waals surface area (Å²) in [5.41, 5.74) is 0.499.